The van der Waals surface area contributed by atoms with Crippen molar-refractivity contribution >= 4 is 5.69 Å². The first-order valence-corrected chi connectivity index (χ1v) is 5.38. The molecule has 1 unspecified atom stereocenters. The predicted octanol–water partition coefficient (Wildman–Crippen LogP) is 2.16. The lowest BCUT2D eigenvalue weighted by Gasteiger charge is -2.09. The number of hydrogen-bond acceptors (Lipinski definition) is 2. The molecule has 1 N–H and O–H groups in total. The highest BCUT2D eigenvalue weighted by Crippen LogP contribution is 2.30. The number of anilines is 1. The minimum Gasteiger partial charge on any atom is -0.384 e. The lowest BCUT2D eigenvalue weighted by Crippen LogP contribution is -1.98. The van der Waals surface area contributed by atoms with Crippen LogP contribution in [0.5, 0.6) is 0 Å². The van der Waals surface area contributed by atoms with Crippen molar-refractivity contribution in [2.75, 3.05) is 25.1 Å². The van der Waals surface area contributed by atoms with E-state index in [9.17, 15) is 0 Å². The van der Waals surface area contributed by atoms with E-state index in [1.54, 1.807) is 0 Å². The molecule has 0 saturated carbocycles. The van der Waals surface area contributed by atoms with Gasteiger partial charge in [0.1, 0.15) is 0 Å². The largest absolute Gasteiger partial charge is 0.384 e. The summed E-state index contributed by atoms with van der Waals surface area (Å²) in [5, 5.41) is 3.42. The highest BCUT2D eigenvalue weighted by molar-refractivity contribution is 5.57. The summed E-state index contributed by atoms with van der Waals surface area (Å²) < 4.78 is 5.41. The number of rotatable bonds is 1. The average molecular weight is 189 g/mol. The van der Waals surface area contributed by atoms with E-state index in [2.05, 4.69) is 23.5 Å². The zero-order chi connectivity index (χ0) is 9.38. The van der Waals surface area contributed by atoms with Gasteiger partial charge in [-0.3, -0.25) is 0 Å². The highest BCUT2D eigenvalue weighted by atomic mass is 16.5. The molecule has 0 bridgehead atoms. The van der Waals surface area contributed by atoms with E-state index < -0.39 is 0 Å². The summed E-state index contributed by atoms with van der Waals surface area (Å²) in [6.45, 7) is 2.92. The van der Waals surface area contributed by atoms with Gasteiger partial charge >= 0.3 is 0 Å². The Morgan fingerprint density at radius 1 is 1.36 bits per heavy atom. The summed E-state index contributed by atoms with van der Waals surface area (Å²) in [4.78, 5) is 0. The fraction of sp³-hybridized carbons (Fsp3) is 0.500. The van der Waals surface area contributed by atoms with Gasteiger partial charge in [0.2, 0.25) is 0 Å². The van der Waals surface area contributed by atoms with Crippen molar-refractivity contribution in [2.45, 2.75) is 18.8 Å². The normalized spacial score (nSPS) is 24.7. The van der Waals surface area contributed by atoms with Gasteiger partial charge in [-0.25, -0.2) is 0 Å². The second kappa shape index (κ2) is 3.28. The highest BCUT2D eigenvalue weighted by Gasteiger charge is 2.19. The molecule has 0 aromatic heterocycles. The number of benzene rings is 1. The molecule has 1 atom stereocenters. The summed E-state index contributed by atoms with van der Waals surface area (Å²) >= 11 is 0. The maximum atomic E-state index is 5.41. The van der Waals surface area contributed by atoms with Crippen LogP contribution in [0.1, 0.15) is 23.5 Å². The molecule has 1 aromatic rings. The first kappa shape index (κ1) is 8.30. The number of nitrogens with one attached hydrogen (secondary N) is 1. The van der Waals surface area contributed by atoms with Crippen LogP contribution in [-0.4, -0.2) is 19.8 Å². The SMILES string of the molecule is c1cc2c(cc1C1CCOC1)NCC2. The summed E-state index contributed by atoms with van der Waals surface area (Å²) in [5.74, 6) is 0.627. The summed E-state index contributed by atoms with van der Waals surface area (Å²) in [7, 11) is 0. The first-order valence-electron chi connectivity index (χ1n) is 5.38. The number of hydrogen-bond donors (Lipinski definition) is 1. The van der Waals surface area contributed by atoms with E-state index in [1.807, 2.05) is 0 Å². The molecular weight excluding hydrogens is 174 g/mol. The van der Waals surface area contributed by atoms with Crippen molar-refractivity contribution in [3.63, 3.8) is 0 Å². The quantitative estimate of drug-likeness (QED) is 0.731. The Labute approximate surface area is 84.3 Å². The smallest absolute Gasteiger partial charge is 0.0535 e. The topological polar surface area (TPSA) is 21.3 Å². The van der Waals surface area contributed by atoms with Gasteiger partial charge in [-0.2, -0.15) is 0 Å². The first-order chi connectivity index (χ1) is 6.93. The maximum Gasteiger partial charge on any atom is 0.0535 e. The molecule has 2 aliphatic rings. The molecule has 2 heteroatoms. The molecule has 0 radical (unpaired) electrons. The fourth-order valence-corrected chi connectivity index (χ4v) is 2.36. The molecule has 1 aromatic carbocycles. The summed E-state index contributed by atoms with van der Waals surface area (Å²) in [6, 6.07) is 6.84. The third-order valence-corrected chi connectivity index (χ3v) is 3.24. The third kappa shape index (κ3) is 1.30. The van der Waals surface area contributed by atoms with E-state index in [-0.39, 0.29) is 0 Å². The average Bonchev–Trinajstić information content (AvgIpc) is 2.88. The van der Waals surface area contributed by atoms with Gasteiger partial charge < -0.3 is 10.1 Å². The van der Waals surface area contributed by atoms with Gasteiger partial charge in [-0.1, -0.05) is 12.1 Å². The molecule has 1 fully saturated rings. The molecule has 2 heterocycles. The third-order valence-electron chi connectivity index (χ3n) is 3.24. The number of fused-ring (bicyclic) bond motifs is 1. The van der Waals surface area contributed by atoms with Crippen molar-refractivity contribution < 1.29 is 4.74 Å². The lowest BCUT2D eigenvalue weighted by molar-refractivity contribution is 0.194. The minimum atomic E-state index is 0.627. The molecule has 2 aliphatic heterocycles. The standard InChI is InChI=1S/C12H15NO/c1-2-10(11-4-6-14-8-11)7-12-9(1)3-5-13-12/h1-2,7,11,13H,3-6,8H2. The van der Waals surface area contributed by atoms with Crippen LogP contribution in [0.2, 0.25) is 0 Å². The maximum absolute atomic E-state index is 5.41. The Kier molecular flexibility index (Phi) is 1.95. The van der Waals surface area contributed by atoms with Gasteiger partial charge in [0.05, 0.1) is 6.61 Å². The molecule has 3 rings (SSSR count). The van der Waals surface area contributed by atoms with Crippen LogP contribution in [-0.2, 0) is 11.2 Å². The van der Waals surface area contributed by atoms with Gasteiger partial charge in [-0.15, -0.1) is 0 Å². The fourth-order valence-electron chi connectivity index (χ4n) is 2.36. The Balaban J connectivity index is 1.91. The Bertz CT molecular complexity index is 342. The summed E-state index contributed by atoms with van der Waals surface area (Å²) in [6.07, 6.45) is 2.36. The Hall–Kier alpha value is -1.02. The molecule has 0 spiro atoms. The van der Waals surface area contributed by atoms with E-state index in [1.165, 1.54) is 29.7 Å². The molecule has 0 amide bonds. The minimum absolute atomic E-state index is 0.627. The molecule has 0 aliphatic carbocycles. The van der Waals surface area contributed by atoms with Crippen LogP contribution in [0.3, 0.4) is 0 Å². The van der Waals surface area contributed by atoms with E-state index in [0.717, 1.165) is 19.8 Å². The van der Waals surface area contributed by atoms with Crippen molar-refractivity contribution in [1.82, 2.24) is 0 Å². The van der Waals surface area contributed by atoms with Crippen LogP contribution in [0, 0.1) is 0 Å². The van der Waals surface area contributed by atoms with Crippen molar-refractivity contribution in [3.05, 3.63) is 29.3 Å². The molecule has 2 nitrogen and oxygen atoms in total. The van der Waals surface area contributed by atoms with E-state index in [4.69, 9.17) is 4.74 Å². The van der Waals surface area contributed by atoms with Gasteiger partial charge in [0, 0.05) is 24.8 Å². The second-order valence-electron chi connectivity index (χ2n) is 4.15. The van der Waals surface area contributed by atoms with Gasteiger partial charge in [0.15, 0.2) is 0 Å². The molecule has 14 heavy (non-hydrogen) atoms. The van der Waals surface area contributed by atoms with E-state index >= 15 is 0 Å². The van der Waals surface area contributed by atoms with Crippen LogP contribution >= 0.6 is 0 Å². The Morgan fingerprint density at radius 3 is 3.21 bits per heavy atom. The molecular formula is C12H15NO. The van der Waals surface area contributed by atoms with Crippen LogP contribution in [0.15, 0.2) is 18.2 Å². The summed E-state index contributed by atoms with van der Waals surface area (Å²) in [5.41, 5.74) is 4.25. The number of ether oxygens (including phenoxy) is 1. The molecule has 74 valence electrons. The van der Waals surface area contributed by atoms with Gasteiger partial charge in [0.25, 0.3) is 0 Å². The van der Waals surface area contributed by atoms with E-state index in [0.29, 0.717) is 5.92 Å². The monoisotopic (exact) mass is 189 g/mol. The predicted molar refractivity (Wildman–Crippen MR) is 56.8 cm³/mol. The van der Waals surface area contributed by atoms with Crippen LogP contribution in [0.4, 0.5) is 5.69 Å². The van der Waals surface area contributed by atoms with Crippen LogP contribution in [0.25, 0.3) is 0 Å². The lowest BCUT2D eigenvalue weighted by atomic mass is 9.96. The Morgan fingerprint density at radius 2 is 2.36 bits per heavy atom. The van der Waals surface area contributed by atoms with Crippen LogP contribution < -0.4 is 5.32 Å². The van der Waals surface area contributed by atoms with Crippen molar-refractivity contribution in [1.29, 1.82) is 0 Å². The zero-order valence-electron chi connectivity index (χ0n) is 8.25. The van der Waals surface area contributed by atoms with Gasteiger partial charge in [-0.05, 0) is 30.0 Å². The zero-order valence-corrected chi connectivity index (χ0v) is 8.25. The van der Waals surface area contributed by atoms with Crippen molar-refractivity contribution in [3.8, 4) is 0 Å². The second-order valence-corrected chi connectivity index (χ2v) is 4.15. The molecule has 1 saturated heterocycles. The van der Waals surface area contributed by atoms with Crippen molar-refractivity contribution in [2.24, 2.45) is 0 Å².